The number of nitrogen functional groups attached to an aromatic ring is 1. The third kappa shape index (κ3) is 2.16. The van der Waals surface area contributed by atoms with Gasteiger partial charge in [0.15, 0.2) is 5.11 Å². The minimum absolute atomic E-state index is 0.119. The normalized spacial score (nSPS) is 9.57. The van der Waals surface area contributed by atoms with Gasteiger partial charge in [-0.2, -0.15) is 9.67 Å². The molecule has 0 fully saturated rings. The van der Waals surface area contributed by atoms with Gasteiger partial charge in [-0.25, -0.2) is 0 Å². The number of thiocarbonyl (C=S) groups is 1. The summed E-state index contributed by atoms with van der Waals surface area (Å²) in [6, 6.07) is 0. The summed E-state index contributed by atoms with van der Waals surface area (Å²) in [5, 5.41) is 9.26. The zero-order valence-corrected chi connectivity index (χ0v) is 8.55. The first-order valence-corrected chi connectivity index (χ1v) is 4.17. The van der Waals surface area contributed by atoms with E-state index < -0.39 is 0 Å². The van der Waals surface area contributed by atoms with E-state index in [1.54, 1.807) is 7.05 Å². The number of hydrogen-bond acceptors (Lipinski definition) is 5. The highest BCUT2D eigenvalue weighted by Crippen LogP contribution is 2.04. The van der Waals surface area contributed by atoms with Crippen molar-refractivity contribution >= 4 is 35.1 Å². The first-order valence-electron chi connectivity index (χ1n) is 3.76. The van der Waals surface area contributed by atoms with Gasteiger partial charge < -0.3 is 11.1 Å². The van der Waals surface area contributed by atoms with E-state index in [0.717, 1.165) is 0 Å². The molecule has 0 bridgehead atoms. The fourth-order valence-corrected chi connectivity index (χ4v) is 0.924. The molecule has 0 aliphatic heterocycles. The van der Waals surface area contributed by atoms with Crippen LogP contribution in [-0.2, 0) is 4.79 Å². The number of carbonyl (C=O) groups is 1. The van der Waals surface area contributed by atoms with E-state index in [-0.39, 0.29) is 17.8 Å². The van der Waals surface area contributed by atoms with Gasteiger partial charge in [0.1, 0.15) is 0 Å². The third-order valence-electron chi connectivity index (χ3n) is 1.33. The Balaban J connectivity index is 2.93. The number of aromatic nitrogens is 3. The van der Waals surface area contributed by atoms with Gasteiger partial charge in [0.25, 0.3) is 5.95 Å². The lowest BCUT2D eigenvalue weighted by Crippen LogP contribution is -2.26. The summed E-state index contributed by atoms with van der Waals surface area (Å²) in [4.78, 5) is 14.5. The highest BCUT2D eigenvalue weighted by molar-refractivity contribution is 7.80. The first-order chi connectivity index (χ1) is 6.54. The van der Waals surface area contributed by atoms with Crippen LogP contribution in [0.15, 0.2) is 0 Å². The summed E-state index contributed by atoms with van der Waals surface area (Å²) < 4.78 is 1.22. The van der Waals surface area contributed by atoms with Gasteiger partial charge >= 0.3 is 0 Å². The van der Waals surface area contributed by atoms with E-state index in [4.69, 9.17) is 18.0 Å². The topological polar surface area (TPSA) is 97.9 Å². The Labute approximate surface area is 85.7 Å². The van der Waals surface area contributed by atoms with Crippen molar-refractivity contribution < 1.29 is 4.79 Å². The fourth-order valence-electron chi connectivity index (χ4n) is 0.790. The highest BCUT2D eigenvalue weighted by Gasteiger charge is 2.10. The predicted octanol–water partition coefficient (Wildman–Crippen LogP) is -0.829. The van der Waals surface area contributed by atoms with Crippen LogP contribution in [0.25, 0.3) is 0 Å². The van der Waals surface area contributed by atoms with E-state index >= 15 is 0 Å². The molecule has 0 atom stereocenters. The van der Waals surface area contributed by atoms with Crippen molar-refractivity contribution in [1.82, 2.24) is 20.1 Å². The summed E-state index contributed by atoms with van der Waals surface area (Å²) in [5.41, 5.74) is 5.50. The maximum Gasteiger partial charge on any atom is 0.251 e. The number of hydrogen-bond donors (Lipinski definition) is 3. The van der Waals surface area contributed by atoms with E-state index in [1.165, 1.54) is 11.6 Å². The Morgan fingerprint density at radius 1 is 1.64 bits per heavy atom. The molecule has 0 saturated carbocycles. The molecule has 0 aromatic carbocycles. The number of amides is 1. The van der Waals surface area contributed by atoms with Crippen molar-refractivity contribution in [3.63, 3.8) is 0 Å². The van der Waals surface area contributed by atoms with Gasteiger partial charge in [-0.05, 0) is 12.2 Å². The maximum absolute atomic E-state index is 10.7. The summed E-state index contributed by atoms with van der Waals surface area (Å²) >= 11 is 4.89. The van der Waals surface area contributed by atoms with Crippen LogP contribution in [0.3, 0.4) is 0 Å². The average Bonchev–Trinajstić information content (AvgIpc) is 2.44. The third-order valence-corrected chi connectivity index (χ3v) is 1.70. The highest BCUT2D eigenvalue weighted by atomic mass is 32.1. The van der Waals surface area contributed by atoms with Crippen LogP contribution in [0.5, 0.6) is 0 Å². The van der Waals surface area contributed by atoms with E-state index in [1.807, 2.05) is 0 Å². The van der Waals surface area contributed by atoms with Crippen molar-refractivity contribution in [2.75, 3.05) is 18.1 Å². The van der Waals surface area contributed by atoms with Gasteiger partial charge in [-0.3, -0.25) is 10.1 Å². The Morgan fingerprint density at radius 3 is 2.79 bits per heavy atom. The molecule has 76 valence electrons. The zero-order chi connectivity index (χ0) is 10.7. The lowest BCUT2D eigenvalue weighted by molar-refractivity contribution is -0.114. The molecule has 0 saturated heterocycles. The van der Waals surface area contributed by atoms with Gasteiger partial charge in [-0.1, -0.05) is 0 Å². The molecule has 1 rings (SSSR count). The van der Waals surface area contributed by atoms with E-state index in [9.17, 15) is 4.79 Å². The molecule has 4 N–H and O–H groups in total. The predicted molar refractivity (Wildman–Crippen MR) is 55.8 cm³/mol. The number of rotatable bonds is 1. The number of nitrogens with zero attached hydrogens (tertiary/aromatic N) is 3. The molecular formula is C6H10N6OS. The molecular weight excluding hydrogens is 204 g/mol. The molecule has 14 heavy (non-hydrogen) atoms. The van der Waals surface area contributed by atoms with Crippen molar-refractivity contribution in [1.29, 1.82) is 0 Å². The molecule has 1 aromatic heterocycles. The van der Waals surface area contributed by atoms with Crippen LogP contribution in [-0.4, -0.2) is 32.8 Å². The Morgan fingerprint density at radius 2 is 2.29 bits per heavy atom. The average molecular weight is 214 g/mol. The fraction of sp³-hybridized carbons (Fsp3) is 0.333. The van der Waals surface area contributed by atoms with Crippen molar-refractivity contribution in [3.8, 4) is 0 Å². The van der Waals surface area contributed by atoms with Crippen molar-refractivity contribution in [2.45, 2.75) is 6.92 Å². The van der Waals surface area contributed by atoms with Crippen LogP contribution in [0, 0.1) is 0 Å². The monoisotopic (exact) mass is 214 g/mol. The summed E-state index contributed by atoms with van der Waals surface area (Å²) in [6.45, 7) is 1.35. The second-order valence-corrected chi connectivity index (χ2v) is 2.83. The molecule has 0 spiro atoms. The minimum atomic E-state index is -0.266. The Bertz CT molecular complexity index is 372. The number of nitrogens with one attached hydrogen (secondary N) is 2. The molecule has 7 nitrogen and oxygen atoms in total. The van der Waals surface area contributed by atoms with Crippen LogP contribution in [0.4, 0.5) is 11.9 Å². The smallest absolute Gasteiger partial charge is 0.251 e. The molecule has 8 heteroatoms. The lowest BCUT2D eigenvalue weighted by atomic mass is 10.7. The standard InChI is InChI=1S/C6H10N6OS/c1-3(13)9-5-10-4(7)12(11-5)6(14)8-2/h1-2H3,(H,8,14)(H3,7,9,10,11,13). The van der Waals surface area contributed by atoms with Crippen LogP contribution >= 0.6 is 12.2 Å². The Hall–Kier alpha value is -1.70. The number of carbonyl (C=O) groups excluding carboxylic acids is 1. The SMILES string of the molecule is CNC(=S)n1nc(NC(C)=O)nc1N. The van der Waals surface area contributed by atoms with Crippen molar-refractivity contribution in [3.05, 3.63) is 0 Å². The van der Waals surface area contributed by atoms with Crippen LogP contribution < -0.4 is 16.4 Å². The van der Waals surface area contributed by atoms with E-state index in [0.29, 0.717) is 5.11 Å². The molecule has 0 unspecified atom stereocenters. The molecule has 0 aliphatic carbocycles. The minimum Gasteiger partial charge on any atom is -0.368 e. The molecule has 0 radical (unpaired) electrons. The summed E-state index contributed by atoms with van der Waals surface area (Å²) in [6.07, 6.45) is 0. The largest absolute Gasteiger partial charge is 0.368 e. The maximum atomic E-state index is 10.7. The van der Waals surface area contributed by atoms with Gasteiger partial charge in [0.05, 0.1) is 0 Å². The van der Waals surface area contributed by atoms with Crippen LogP contribution in [0.1, 0.15) is 6.92 Å². The summed E-state index contributed by atoms with van der Waals surface area (Å²) in [5.74, 6) is -0.0155. The molecule has 1 amide bonds. The quantitative estimate of drug-likeness (QED) is 0.528. The lowest BCUT2D eigenvalue weighted by Gasteiger charge is -2.01. The first kappa shape index (κ1) is 10.4. The van der Waals surface area contributed by atoms with Gasteiger partial charge in [-0.15, -0.1) is 5.10 Å². The second-order valence-electron chi connectivity index (χ2n) is 2.44. The molecule has 0 aliphatic rings. The second kappa shape index (κ2) is 4.01. The molecule has 1 aromatic rings. The van der Waals surface area contributed by atoms with Gasteiger partial charge in [0.2, 0.25) is 11.9 Å². The zero-order valence-electron chi connectivity index (χ0n) is 7.74. The number of nitrogens with two attached hydrogens (primary N) is 1. The molecule has 1 heterocycles. The Kier molecular flexibility index (Phi) is 2.97. The number of anilines is 2. The summed E-state index contributed by atoms with van der Waals surface area (Å²) in [7, 11) is 1.64. The van der Waals surface area contributed by atoms with Gasteiger partial charge in [0, 0.05) is 14.0 Å². The van der Waals surface area contributed by atoms with E-state index in [2.05, 4.69) is 20.7 Å². The van der Waals surface area contributed by atoms with Crippen molar-refractivity contribution in [2.24, 2.45) is 0 Å². The van der Waals surface area contributed by atoms with Crippen LogP contribution in [0.2, 0.25) is 0 Å².